The van der Waals surface area contributed by atoms with Crippen molar-refractivity contribution in [2.45, 2.75) is 39.5 Å². The van der Waals surface area contributed by atoms with Gasteiger partial charge in [-0.15, -0.1) is 0 Å². The van der Waals surface area contributed by atoms with Gasteiger partial charge in [-0.05, 0) is 25.5 Å². The summed E-state index contributed by atoms with van der Waals surface area (Å²) in [7, 11) is 0. The SMILES string of the molecule is CCCCCCOc1c(F)cc(F)cc1-c1cc(C)[nH]c(=O)c1C#N. The number of aryl methyl sites for hydroxylation is 1. The van der Waals surface area contributed by atoms with Gasteiger partial charge in [0, 0.05) is 22.9 Å². The first-order valence-corrected chi connectivity index (χ1v) is 8.24. The average Bonchev–Trinajstić information content (AvgIpc) is 2.55. The first-order chi connectivity index (χ1) is 12.0. The number of H-pyrrole nitrogens is 1. The number of hydrogen-bond donors (Lipinski definition) is 1. The highest BCUT2D eigenvalue weighted by Crippen LogP contribution is 2.35. The van der Waals surface area contributed by atoms with Crippen LogP contribution in [-0.2, 0) is 0 Å². The van der Waals surface area contributed by atoms with Gasteiger partial charge in [-0.1, -0.05) is 26.2 Å². The van der Waals surface area contributed by atoms with Crippen LogP contribution in [0.25, 0.3) is 11.1 Å². The lowest BCUT2D eigenvalue weighted by Crippen LogP contribution is -2.13. The first-order valence-electron chi connectivity index (χ1n) is 8.24. The van der Waals surface area contributed by atoms with Crippen LogP contribution in [0, 0.1) is 29.9 Å². The largest absolute Gasteiger partial charge is 0.490 e. The molecule has 132 valence electrons. The summed E-state index contributed by atoms with van der Waals surface area (Å²) in [6, 6.07) is 5.12. The Morgan fingerprint density at radius 3 is 2.60 bits per heavy atom. The molecule has 0 fully saturated rings. The minimum Gasteiger partial charge on any atom is -0.490 e. The van der Waals surface area contributed by atoms with Gasteiger partial charge in [-0.2, -0.15) is 5.26 Å². The quantitative estimate of drug-likeness (QED) is 0.753. The summed E-state index contributed by atoms with van der Waals surface area (Å²) in [5.74, 6) is -1.79. The van der Waals surface area contributed by atoms with Crippen molar-refractivity contribution in [2.75, 3.05) is 6.61 Å². The van der Waals surface area contributed by atoms with Crippen molar-refractivity contribution < 1.29 is 13.5 Å². The summed E-state index contributed by atoms with van der Waals surface area (Å²) in [5, 5.41) is 9.26. The highest BCUT2D eigenvalue weighted by Gasteiger charge is 2.19. The third kappa shape index (κ3) is 4.44. The number of nitrogens with one attached hydrogen (secondary N) is 1. The molecule has 6 heteroatoms. The number of ether oxygens (including phenoxy) is 1. The molecule has 4 nitrogen and oxygen atoms in total. The minimum absolute atomic E-state index is 0.0683. The van der Waals surface area contributed by atoms with Gasteiger partial charge < -0.3 is 9.72 Å². The van der Waals surface area contributed by atoms with Crippen molar-refractivity contribution in [2.24, 2.45) is 0 Å². The van der Waals surface area contributed by atoms with E-state index in [4.69, 9.17) is 4.74 Å². The van der Waals surface area contributed by atoms with Gasteiger partial charge in [-0.3, -0.25) is 4.79 Å². The Labute approximate surface area is 145 Å². The summed E-state index contributed by atoms with van der Waals surface area (Å²) >= 11 is 0. The fraction of sp³-hybridized carbons (Fsp3) is 0.368. The van der Waals surface area contributed by atoms with Crippen molar-refractivity contribution in [3.05, 3.63) is 51.4 Å². The van der Waals surface area contributed by atoms with Gasteiger partial charge in [0.1, 0.15) is 17.4 Å². The van der Waals surface area contributed by atoms with Crippen molar-refractivity contribution in [1.29, 1.82) is 5.26 Å². The number of pyridine rings is 1. The second-order valence-electron chi connectivity index (χ2n) is 5.86. The van der Waals surface area contributed by atoms with Gasteiger partial charge in [0.05, 0.1) is 6.61 Å². The van der Waals surface area contributed by atoms with Gasteiger partial charge in [0.25, 0.3) is 5.56 Å². The third-order valence-electron chi connectivity index (χ3n) is 3.82. The molecular formula is C19H20F2N2O2. The molecule has 0 aliphatic rings. The van der Waals surface area contributed by atoms with Crippen molar-refractivity contribution in [3.8, 4) is 22.9 Å². The zero-order valence-electron chi connectivity index (χ0n) is 14.3. The highest BCUT2D eigenvalue weighted by atomic mass is 19.1. The second kappa shape index (κ2) is 8.43. The molecule has 1 aromatic heterocycles. The maximum Gasteiger partial charge on any atom is 0.266 e. The van der Waals surface area contributed by atoms with E-state index in [0.717, 1.165) is 37.8 Å². The van der Waals surface area contributed by atoms with Crippen LogP contribution in [0.15, 0.2) is 23.0 Å². The molecule has 0 aliphatic carbocycles. The van der Waals surface area contributed by atoms with E-state index in [1.807, 2.05) is 0 Å². The topological polar surface area (TPSA) is 65.9 Å². The molecule has 2 rings (SSSR count). The number of nitrogens with zero attached hydrogens (tertiary/aromatic N) is 1. The van der Waals surface area contributed by atoms with Gasteiger partial charge in [0.2, 0.25) is 0 Å². The van der Waals surface area contributed by atoms with E-state index >= 15 is 0 Å². The number of aromatic nitrogens is 1. The fourth-order valence-corrected chi connectivity index (χ4v) is 2.62. The van der Waals surface area contributed by atoms with Crippen LogP contribution in [-0.4, -0.2) is 11.6 Å². The Hall–Kier alpha value is -2.68. The molecule has 0 unspecified atom stereocenters. The van der Waals surface area contributed by atoms with Crippen molar-refractivity contribution >= 4 is 0 Å². The van der Waals surface area contributed by atoms with Gasteiger partial charge in [-0.25, -0.2) is 8.78 Å². The van der Waals surface area contributed by atoms with E-state index < -0.39 is 17.2 Å². The lowest BCUT2D eigenvalue weighted by atomic mass is 9.99. The van der Waals surface area contributed by atoms with Crippen LogP contribution < -0.4 is 10.3 Å². The molecule has 0 saturated heterocycles. The number of unbranched alkanes of at least 4 members (excludes halogenated alkanes) is 3. The molecule has 0 saturated carbocycles. The molecule has 1 aromatic carbocycles. The zero-order chi connectivity index (χ0) is 18.4. The molecule has 1 N–H and O–H groups in total. The van der Waals surface area contributed by atoms with E-state index in [1.54, 1.807) is 13.0 Å². The Kier molecular flexibility index (Phi) is 6.29. The van der Waals surface area contributed by atoms with Crippen LogP contribution in [0.3, 0.4) is 0 Å². The predicted octanol–water partition coefficient (Wildman–Crippen LogP) is 4.46. The Morgan fingerprint density at radius 1 is 1.16 bits per heavy atom. The summed E-state index contributed by atoms with van der Waals surface area (Å²) in [6.07, 6.45) is 3.80. The molecule has 0 spiro atoms. The van der Waals surface area contributed by atoms with Gasteiger partial charge in [0.15, 0.2) is 11.6 Å². The third-order valence-corrected chi connectivity index (χ3v) is 3.82. The fourth-order valence-electron chi connectivity index (χ4n) is 2.62. The highest BCUT2D eigenvalue weighted by molar-refractivity contribution is 5.76. The van der Waals surface area contributed by atoms with Crippen molar-refractivity contribution in [1.82, 2.24) is 4.98 Å². The Balaban J connectivity index is 2.48. The van der Waals surface area contributed by atoms with Crippen LogP contribution in [0.1, 0.15) is 43.9 Å². The standard InChI is InChI=1S/C19H20F2N2O2/c1-3-4-5-6-7-25-18-15(9-13(20)10-17(18)21)14-8-12(2)23-19(24)16(14)11-22/h8-10H,3-7H2,1-2H3,(H,23,24). The number of aromatic amines is 1. The maximum atomic E-state index is 14.3. The normalized spacial score (nSPS) is 10.5. The van der Waals surface area contributed by atoms with Gasteiger partial charge >= 0.3 is 0 Å². The van der Waals surface area contributed by atoms with E-state index in [0.29, 0.717) is 5.69 Å². The number of nitriles is 1. The molecule has 0 bridgehead atoms. The van der Waals surface area contributed by atoms with Crippen LogP contribution in [0.5, 0.6) is 5.75 Å². The van der Waals surface area contributed by atoms with Crippen LogP contribution in [0.4, 0.5) is 8.78 Å². The number of hydrogen-bond acceptors (Lipinski definition) is 3. The van der Waals surface area contributed by atoms with E-state index in [1.165, 1.54) is 6.07 Å². The lowest BCUT2D eigenvalue weighted by Gasteiger charge is -2.14. The molecule has 25 heavy (non-hydrogen) atoms. The molecule has 2 aromatic rings. The Morgan fingerprint density at radius 2 is 1.92 bits per heavy atom. The molecule has 0 aliphatic heterocycles. The minimum atomic E-state index is -0.854. The predicted molar refractivity (Wildman–Crippen MR) is 91.5 cm³/mol. The molecule has 0 amide bonds. The monoisotopic (exact) mass is 346 g/mol. The zero-order valence-corrected chi connectivity index (χ0v) is 14.3. The lowest BCUT2D eigenvalue weighted by molar-refractivity contribution is 0.291. The number of rotatable bonds is 7. The molecular weight excluding hydrogens is 326 g/mol. The first kappa shape index (κ1) is 18.7. The molecule has 0 atom stereocenters. The van der Waals surface area contributed by atoms with Crippen LogP contribution in [0.2, 0.25) is 0 Å². The van der Waals surface area contributed by atoms with E-state index in [2.05, 4.69) is 11.9 Å². The Bertz CT molecular complexity index is 854. The number of halogens is 2. The molecule has 0 radical (unpaired) electrons. The maximum absolute atomic E-state index is 14.3. The van der Waals surface area contributed by atoms with Crippen molar-refractivity contribution in [3.63, 3.8) is 0 Å². The smallest absolute Gasteiger partial charge is 0.266 e. The van der Waals surface area contributed by atoms with E-state index in [-0.39, 0.29) is 29.0 Å². The summed E-state index contributed by atoms with van der Waals surface area (Å²) in [6.45, 7) is 3.99. The summed E-state index contributed by atoms with van der Waals surface area (Å²) < 4.78 is 33.6. The average molecular weight is 346 g/mol. The number of benzene rings is 1. The summed E-state index contributed by atoms with van der Waals surface area (Å²) in [5.41, 5.74) is -0.0930. The second-order valence-corrected chi connectivity index (χ2v) is 5.86. The van der Waals surface area contributed by atoms with E-state index in [9.17, 15) is 18.8 Å². The molecule has 1 heterocycles. The van der Waals surface area contributed by atoms with Crippen LogP contribution >= 0.6 is 0 Å². The summed E-state index contributed by atoms with van der Waals surface area (Å²) in [4.78, 5) is 14.5.